The second-order valence-electron chi connectivity index (χ2n) is 9.06. The van der Waals surface area contributed by atoms with E-state index in [0.29, 0.717) is 5.57 Å². The van der Waals surface area contributed by atoms with E-state index in [4.69, 9.17) is 9.47 Å². The smallest absolute Gasteiger partial charge is 0.150 e. The summed E-state index contributed by atoms with van der Waals surface area (Å²) in [6.07, 6.45) is 7.20. The van der Waals surface area contributed by atoms with Crippen molar-refractivity contribution >= 4 is 22.6 Å². The number of rotatable bonds is 7. The lowest BCUT2D eigenvalue weighted by molar-refractivity contribution is -0.104. The fourth-order valence-corrected chi connectivity index (χ4v) is 5.36. The third-order valence-corrected chi connectivity index (χ3v) is 7.11. The van der Waals surface area contributed by atoms with Crippen LogP contribution in [0.2, 0.25) is 0 Å². The summed E-state index contributed by atoms with van der Waals surface area (Å²) in [4.78, 5) is 14.7. The van der Waals surface area contributed by atoms with Gasteiger partial charge in [0.05, 0.1) is 13.2 Å². The van der Waals surface area contributed by atoms with E-state index in [1.165, 1.54) is 29.2 Å². The monoisotopic (exact) mass is 453 g/mol. The molecule has 1 saturated heterocycles. The van der Waals surface area contributed by atoms with Crippen molar-refractivity contribution in [2.24, 2.45) is 0 Å². The van der Waals surface area contributed by atoms with Crippen LogP contribution in [0.1, 0.15) is 36.8 Å². The number of carbonyl (C=O) groups excluding carboxylic acids is 1. The van der Waals surface area contributed by atoms with Gasteiger partial charge in [-0.2, -0.15) is 0 Å². The molecule has 1 fully saturated rings. The Morgan fingerprint density at radius 3 is 2.44 bits per heavy atom. The third-order valence-electron chi connectivity index (χ3n) is 7.11. The lowest BCUT2D eigenvalue weighted by Gasteiger charge is -2.36. The molecule has 0 aromatic heterocycles. The zero-order valence-electron chi connectivity index (χ0n) is 19.8. The zero-order valence-corrected chi connectivity index (χ0v) is 19.8. The van der Waals surface area contributed by atoms with Crippen LogP contribution in [0.25, 0.3) is 16.3 Å². The van der Waals surface area contributed by atoms with Crippen LogP contribution in [0.3, 0.4) is 0 Å². The van der Waals surface area contributed by atoms with Crippen LogP contribution < -0.4 is 4.74 Å². The standard InChI is InChI=1S/C30H31NO3/c1-21(31-18-5-6-19-31)34-28-17-14-24(20-32)29(23-12-15-25(33-2)16-13-23)30(28)27-11-7-9-22-8-3-4-10-26(22)27/h3-4,7-17,20-21,28,30H,5-6,18-19H2,1-2H3. The molecule has 3 unspecified atom stereocenters. The van der Waals surface area contributed by atoms with Crippen LogP contribution in [-0.2, 0) is 9.53 Å². The summed E-state index contributed by atoms with van der Waals surface area (Å²) in [6.45, 7) is 4.28. The van der Waals surface area contributed by atoms with Gasteiger partial charge in [-0.3, -0.25) is 9.69 Å². The first-order chi connectivity index (χ1) is 16.7. The lowest BCUT2D eigenvalue weighted by atomic mass is 9.76. The largest absolute Gasteiger partial charge is 0.497 e. The van der Waals surface area contributed by atoms with E-state index >= 15 is 0 Å². The Bertz CT molecular complexity index is 1220. The Hall–Kier alpha value is -3.21. The summed E-state index contributed by atoms with van der Waals surface area (Å²) in [6, 6.07) is 22.8. The Balaban J connectivity index is 1.64. The number of nitrogens with zero attached hydrogens (tertiary/aromatic N) is 1. The molecule has 3 aromatic carbocycles. The van der Waals surface area contributed by atoms with Gasteiger partial charge in [-0.15, -0.1) is 0 Å². The second-order valence-corrected chi connectivity index (χ2v) is 9.06. The third kappa shape index (κ3) is 4.31. The van der Waals surface area contributed by atoms with Crippen LogP contribution in [0.15, 0.2) is 84.5 Å². The van der Waals surface area contributed by atoms with E-state index in [0.717, 1.165) is 36.3 Å². The van der Waals surface area contributed by atoms with Crippen molar-refractivity contribution in [3.63, 3.8) is 0 Å². The minimum Gasteiger partial charge on any atom is -0.497 e. The maximum Gasteiger partial charge on any atom is 0.150 e. The van der Waals surface area contributed by atoms with Gasteiger partial charge in [0, 0.05) is 24.6 Å². The molecule has 4 heteroatoms. The van der Waals surface area contributed by atoms with Gasteiger partial charge in [0.25, 0.3) is 0 Å². The van der Waals surface area contributed by atoms with Crippen molar-refractivity contribution in [3.8, 4) is 5.75 Å². The number of fused-ring (bicyclic) bond motifs is 1. The quantitative estimate of drug-likeness (QED) is 0.413. The van der Waals surface area contributed by atoms with Gasteiger partial charge in [-0.05, 0) is 59.4 Å². The summed E-state index contributed by atoms with van der Waals surface area (Å²) in [5, 5.41) is 2.37. The molecular formula is C30H31NO3. The van der Waals surface area contributed by atoms with Crippen molar-refractivity contribution < 1.29 is 14.3 Å². The van der Waals surface area contributed by atoms with Crippen LogP contribution >= 0.6 is 0 Å². The van der Waals surface area contributed by atoms with Gasteiger partial charge in [0.15, 0.2) is 0 Å². The van der Waals surface area contributed by atoms with Crippen LogP contribution in [0.5, 0.6) is 5.75 Å². The Labute approximate surface area is 201 Å². The Morgan fingerprint density at radius 2 is 1.71 bits per heavy atom. The highest BCUT2D eigenvalue weighted by Gasteiger charge is 2.34. The highest BCUT2D eigenvalue weighted by molar-refractivity contribution is 5.97. The van der Waals surface area contributed by atoms with Gasteiger partial charge in [0.1, 0.15) is 18.3 Å². The molecule has 0 N–H and O–H groups in total. The molecule has 5 rings (SSSR count). The number of ether oxygens (including phenoxy) is 2. The predicted octanol–water partition coefficient (Wildman–Crippen LogP) is 5.98. The van der Waals surface area contributed by atoms with Crippen molar-refractivity contribution in [2.75, 3.05) is 20.2 Å². The Morgan fingerprint density at radius 1 is 0.971 bits per heavy atom. The summed E-state index contributed by atoms with van der Waals surface area (Å²) in [5.41, 5.74) is 3.87. The second kappa shape index (κ2) is 9.96. The first-order valence-corrected chi connectivity index (χ1v) is 12.1. The maximum atomic E-state index is 12.3. The fraction of sp³-hybridized carbons (Fsp3) is 0.300. The molecule has 1 aliphatic carbocycles. The zero-order chi connectivity index (χ0) is 23.5. The van der Waals surface area contributed by atoms with E-state index in [-0.39, 0.29) is 18.2 Å². The number of benzene rings is 3. The highest BCUT2D eigenvalue weighted by atomic mass is 16.5. The van der Waals surface area contributed by atoms with E-state index < -0.39 is 0 Å². The Kier molecular flexibility index (Phi) is 6.61. The predicted molar refractivity (Wildman–Crippen MR) is 137 cm³/mol. The molecular weight excluding hydrogens is 422 g/mol. The van der Waals surface area contributed by atoms with E-state index in [2.05, 4.69) is 60.4 Å². The average Bonchev–Trinajstić information content (AvgIpc) is 3.44. The molecule has 1 heterocycles. The molecule has 3 atom stereocenters. The van der Waals surface area contributed by atoms with Crippen LogP contribution in [0.4, 0.5) is 0 Å². The fourth-order valence-electron chi connectivity index (χ4n) is 5.36. The van der Waals surface area contributed by atoms with Gasteiger partial charge < -0.3 is 9.47 Å². The SMILES string of the molecule is COc1ccc(C2=C(C=O)C=CC(OC(C)N3CCCC3)C2c2cccc3ccccc23)cc1. The molecule has 0 radical (unpaired) electrons. The summed E-state index contributed by atoms with van der Waals surface area (Å²) in [7, 11) is 1.66. The topological polar surface area (TPSA) is 38.8 Å². The lowest BCUT2D eigenvalue weighted by Crippen LogP contribution is -2.38. The summed E-state index contributed by atoms with van der Waals surface area (Å²) >= 11 is 0. The van der Waals surface area contributed by atoms with Gasteiger partial charge in [-0.1, -0.05) is 66.7 Å². The van der Waals surface area contributed by atoms with Crippen molar-refractivity contribution in [2.45, 2.75) is 38.0 Å². The normalized spacial score (nSPS) is 21.7. The molecule has 0 saturated carbocycles. The minimum absolute atomic E-state index is 0.00419. The first kappa shape index (κ1) is 22.6. The molecule has 174 valence electrons. The van der Waals surface area contributed by atoms with Crippen molar-refractivity contribution in [1.29, 1.82) is 0 Å². The molecule has 34 heavy (non-hydrogen) atoms. The van der Waals surface area contributed by atoms with E-state index in [1.54, 1.807) is 7.11 Å². The molecule has 0 spiro atoms. The number of likely N-dealkylation sites (tertiary alicyclic amines) is 1. The highest BCUT2D eigenvalue weighted by Crippen LogP contribution is 2.44. The number of allylic oxidation sites excluding steroid dienone is 2. The van der Waals surface area contributed by atoms with Crippen LogP contribution in [0, 0.1) is 0 Å². The molecule has 4 nitrogen and oxygen atoms in total. The first-order valence-electron chi connectivity index (χ1n) is 12.1. The number of aldehydes is 1. The number of carbonyl (C=O) groups is 1. The summed E-state index contributed by atoms with van der Waals surface area (Å²) < 4.78 is 12.1. The molecule has 2 aliphatic rings. The molecule has 1 aliphatic heterocycles. The van der Waals surface area contributed by atoms with Crippen molar-refractivity contribution in [1.82, 2.24) is 4.90 Å². The number of hydrogen-bond acceptors (Lipinski definition) is 4. The van der Waals surface area contributed by atoms with Crippen LogP contribution in [-0.4, -0.2) is 43.7 Å². The van der Waals surface area contributed by atoms with Gasteiger partial charge in [-0.25, -0.2) is 0 Å². The summed E-state index contributed by atoms with van der Waals surface area (Å²) in [5.74, 6) is 0.676. The minimum atomic E-state index is -0.192. The number of methoxy groups -OCH3 is 1. The molecule has 0 bridgehead atoms. The number of hydrogen-bond donors (Lipinski definition) is 0. The van der Waals surface area contributed by atoms with Gasteiger partial charge >= 0.3 is 0 Å². The van der Waals surface area contributed by atoms with E-state index in [1.807, 2.05) is 30.3 Å². The molecule has 0 amide bonds. The van der Waals surface area contributed by atoms with Gasteiger partial charge in [0.2, 0.25) is 0 Å². The average molecular weight is 454 g/mol. The maximum absolute atomic E-state index is 12.3. The van der Waals surface area contributed by atoms with E-state index in [9.17, 15) is 4.79 Å². The van der Waals surface area contributed by atoms with Crippen molar-refractivity contribution in [3.05, 3.63) is 95.6 Å². The molecule has 3 aromatic rings.